The molecule has 0 unspecified atom stereocenters. The van der Waals surface area contributed by atoms with E-state index < -0.39 is 21.7 Å². The van der Waals surface area contributed by atoms with Crippen molar-refractivity contribution in [3.8, 4) is 0 Å². The lowest BCUT2D eigenvalue weighted by molar-refractivity contribution is -0.116. The normalized spacial score (nSPS) is 11.6. The quantitative estimate of drug-likeness (QED) is 0.799. The van der Waals surface area contributed by atoms with Crippen LogP contribution in [0.15, 0.2) is 24.3 Å². The lowest BCUT2D eigenvalue weighted by Crippen LogP contribution is -2.33. The van der Waals surface area contributed by atoms with Gasteiger partial charge in [0, 0.05) is 19.5 Å². The number of rotatable bonds is 8. The number of carbonyl (C=O) groups excluding carboxylic acids is 1. The van der Waals surface area contributed by atoms with E-state index in [0.717, 1.165) is 19.1 Å². The first kappa shape index (κ1) is 17.6. The van der Waals surface area contributed by atoms with Crippen LogP contribution in [-0.2, 0) is 14.8 Å². The van der Waals surface area contributed by atoms with Gasteiger partial charge in [0.25, 0.3) is 0 Å². The average Bonchev–Trinajstić information content (AvgIpc) is 2.40. The van der Waals surface area contributed by atoms with Crippen molar-refractivity contribution in [2.24, 2.45) is 0 Å². The summed E-state index contributed by atoms with van der Waals surface area (Å²) in [5.74, 6) is -0.929. The summed E-state index contributed by atoms with van der Waals surface area (Å²) in [5, 5.41) is 2.44. The van der Waals surface area contributed by atoms with Crippen molar-refractivity contribution in [3.05, 3.63) is 30.1 Å². The zero-order valence-electron chi connectivity index (χ0n) is 12.3. The first-order chi connectivity index (χ1) is 9.84. The minimum atomic E-state index is -3.33. The third-order valence-corrected chi connectivity index (χ3v) is 4.27. The second-order valence-corrected chi connectivity index (χ2v) is 6.78. The van der Waals surface area contributed by atoms with Gasteiger partial charge in [0.2, 0.25) is 15.9 Å². The number of unbranched alkanes of at least 4 members (excludes halogenated alkanes) is 1. The SMILES string of the molecule is CCCCN(CCC(=O)Nc1ccccc1F)S(C)(=O)=O. The monoisotopic (exact) mass is 316 g/mol. The van der Waals surface area contributed by atoms with E-state index in [9.17, 15) is 17.6 Å². The molecule has 1 aromatic rings. The van der Waals surface area contributed by atoms with Crippen molar-refractivity contribution in [3.63, 3.8) is 0 Å². The first-order valence-electron chi connectivity index (χ1n) is 6.84. The lowest BCUT2D eigenvalue weighted by atomic mass is 10.3. The molecule has 1 rings (SSSR count). The minimum absolute atomic E-state index is 0.00881. The molecule has 1 N–H and O–H groups in total. The van der Waals surface area contributed by atoms with Crippen LogP contribution in [0.4, 0.5) is 10.1 Å². The molecule has 0 saturated heterocycles. The Bertz CT molecular complexity index is 575. The summed E-state index contributed by atoms with van der Waals surface area (Å²) >= 11 is 0. The summed E-state index contributed by atoms with van der Waals surface area (Å²) in [6.45, 7) is 2.45. The van der Waals surface area contributed by atoms with E-state index in [0.29, 0.717) is 6.54 Å². The summed E-state index contributed by atoms with van der Waals surface area (Å²) in [6, 6.07) is 5.85. The Morgan fingerprint density at radius 1 is 1.29 bits per heavy atom. The van der Waals surface area contributed by atoms with Crippen molar-refractivity contribution in [2.45, 2.75) is 26.2 Å². The maximum Gasteiger partial charge on any atom is 0.225 e. The highest BCUT2D eigenvalue weighted by Crippen LogP contribution is 2.13. The van der Waals surface area contributed by atoms with Crippen LogP contribution in [0.2, 0.25) is 0 Å². The number of benzene rings is 1. The van der Waals surface area contributed by atoms with E-state index in [-0.39, 0.29) is 18.7 Å². The molecule has 0 spiro atoms. The fraction of sp³-hybridized carbons (Fsp3) is 0.500. The third kappa shape index (κ3) is 6.22. The summed E-state index contributed by atoms with van der Waals surface area (Å²) in [7, 11) is -3.33. The molecule has 0 aliphatic rings. The number of anilines is 1. The number of nitrogens with one attached hydrogen (secondary N) is 1. The van der Waals surface area contributed by atoms with Gasteiger partial charge in [0.05, 0.1) is 11.9 Å². The zero-order chi connectivity index (χ0) is 15.9. The van der Waals surface area contributed by atoms with Crippen molar-refractivity contribution >= 4 is 21.6 Å². The number of hydrogen-bond acceptors (Lipinski definition) is 3. The Morgan fingerprint density at radius 3 is 2.52 bits per heavy atom. The number of amides is 1. The van der Waals surface area contributed by atoms with Gasteiger partial charge in [-0.15, -0.1) is 0 Å². The molecule has 0 fully saturated rings. The maximum absolute atomic E-state index is 13.4. The molecule has 0 aromatic heterocycles. The maximum atomic E-state index is 13.4. The molecule has 0 heterocycles. The van der Waals surface area contributed by atoms with E-state index >= 15 is 0 Å². The van der Waals surface area contributed by atoms with Crippen LogP contribution >= 0.6 is 0 Å². The molecule has 0 saturated carbocycles. The molecule has 5 nitrogen and oxygen atoms in total. The number of nitrogens with zero attached hydrogens (tertiary/aromatic N) is 1. The minimum Gasteiger partial charge on any atom is -0.324 e. The largest absolute Gasteiger partial charge is 0.324 e. The standard InChI is InChI=1S/C14H21FN2O3S/c1-3-4-10-17(21(2,19)20)11-9-14(18)16-13-8-6-5-7-12(13)15/h5-8H,3-4,9-11H2,1-2H3,(H,16,18). The van der Waals surface area contributed by atoms with Crippen LogP contribution in [-0.4, -0.2) is 38.0 Å². The number of halogens is 1. The van der Waals surface area contributed by atoms with Gasteiger partial charge in [-0.1, -0.05) is 25.5 Å². The summed E-state index contributed by atoms with van der Waals surface area (Å²) in [5.41, 5.74) is 0.0990. The van der Waals surface area contributed by atoms with Crippen LogP contribution in [0.5, 0.6) is 0 Å². The number of sulfonamides is 1. The second-order valence-electron chi connectivity index (χ2n) is 4.79. The fourth-order valence-corrected chi connectivity index (χ4v) is 2.66. The summed E-state index contributed by atoms with van der Waals surface area (Å²) < 4.78 is 37.9. The van der Waals surface area contributed by atoms with Gasteiger partial charge in [0.15, 0.2) is 0 Å². The molecule has 1 aromatic carbocycles. The zero-order valence-corrected chi connectivity index (χ0v) is 13.1. The Hall–Kier alpha value is -1.47. The van der Waals surface area contributed by atoms with Crippen molar-refractivity contribution in [2.75, 3.05) is 24.7 Å². The van der Waals surface area contributed by atoms with Crippen molar-refractivity contribution < 1.29 is 17.6 Å². The Labute approximate surface area is 125 Å². The van der Waals surface area contributed by atoms with E-state index in [1.54, 1.807) is 6.07 Å². The van der Waals surface area contributed by atoms with Gasteiger partial charge >= 0.3 is 0 Å². The molecule has 0 aliphatic heterocycles. The van der Waals surface area contributed by atoms with Crippen LogP contribution in [0.25, 0.3) is 0 Å². The van der Waals surface area contributed by atoms with Gasteiger partial charge < -0.3 is 5.32 Å². The van der Waals surface area contributed by atoms with Crippen molar-refractivity contribution in [1.82, 2.24) is 4.31 Å². The molecule has 0 aliphatic carbocycles. The molecule has 0 atom stereocenters. The fourth-order valence-electron chi connectivity index (χ4n) is 1.78. The smallest absolute Gasteiger partial charge is 0.225 e. The molecule has 1 amide bonds. The van der Waals surface area contributed by atoms with E-state index in [2.05, 4.69) is 5.32 Å². The highest BCUT2D eigenvalue weighted by Gasteiger charge is 2.17. The van der Waals surface area contributed by atoms with Crippen LogP contribution in [0.1, 0.15) is 26.2 Å². The summed E-state index contributed by atoms with van der Waals surface area (Å²) in [4.78, 5) is 11.8. The molecule has 0 radical (unpaired) electrons. The summed E-state index contributed by atoms with van der Waals surface area (Å²) in [6.07, 6.45) is 2.72. The predicted molar refractivity (Wildman–Crippen MR) is 81.0 cm³/mol. The topological polar surface area (TPSA) is 66.5 Å². The van der Waals surface area contributed by atoms with Crippen LogP contribution < -0.4 is 5.32 Å². The highest BCUT2D eigenvalue weighted by molar-refractivity contribution is 7.88. The third-order valence-electron chi connectivity index (χ3n) is 2.97. The van der Waals surface area contributed by atoms with Crippen molar-refractivity contribution in [1.29, 1.82) is 0 Å². The Balaban J connectivity index is 2.56. The number of para-hydroxylation sites is 1. The first-order valence-corrected chi connectivity index (χ1v) is 8.69. The van der Waals surface area contributed by atoms with Gasteiger partial charge in [0.1, 0.15) is 5.82 Å². The van der Waals surface area contributed by atoms with Gasteiger partial charge in [-0.2, -0.15) is 0 Å². The predicted octanol–water partition coefficient (Wildman–Crippen LogP) is 2.22. The molecule has 7 heteroatoms. The number of hydrogen-bond donors (Lipinski definition) is 1. The molecular weight excluding hydrogens is 295 g/mol. The average molecular weight is 316 g/mol. The van der Waals surface area contributed by atoms with Crippen LogP contribution in [0, 0.1) is 5.82 Å². The molecule has 21 heavy (non-hydrogen) atoms. The van der Waals surface area contributed by atoms with Gasteiger partial charge in [-0.05, 0) is 18.6 Å². The molecule has 118 valence electrons. The highest BCUT2D eigenvalue weighted by atomic mass is 32.2. The van der Waals surface area contributed by atoms with E-state index in [4.69, 9.17) is 0 Å². The molecular formula is C14H21FN2O3S. The van der Waals surface area contributed by atoms with Gasteiger partial charge in [-0.3, -0.25) is 4.79 Å². The Morgan fingerprint density at radius 2 is 1.95 bits per heavy atom. The Kier molecular flexibility index (Phi) is 6.77. The van der Waals surface area contributed by atoms with E-state index in [1.165, 1.54) is 22.5 Å². The van der Waals surface area contributed by atoms with E-state index in [1.807, 2.05) is 6.92 Å². The van der Waals surface area contributed by atoms with Gasteiger partial charge in [-0.25, -0.2) is 17.1 Å². The number of carbonyl (C=O) groups is 1. The lowest BCUT2D eigenvalue weighted by Gasteiger charge is -2.19. The second kappa shape index (κ2) is 8.09. The molecule has 0 bridgehead atoms. The van der Waals surface area contributed by atoms with Crippen LogP contribution in [0.3, 0.4) is 0 Å².